The van der Waals surface area contributed by atoms with E-state index in [1.807, 2.05) is 12.4 Å². The first kappa shape index (κ1) is 11.3. The second kappa shape index (κ2) is 4.84. The summed E-state index contributed by atoms with van der Waals surface area (Å²) in [7, 11) is 0. The summed E-state index contributed by atoms with van der Waals surface area (Å²) >= 11 is 2.36. The molecule has 1 aliphatic heterocycles. The van der Waals surface area contributed by atoms with Crippen LogP contribution in [-0.2, 0) is 0 Å². The van der Waals surface area contributed by atoms with E-state index in [2.05, 4.69) is 43.5 Å². The zero-order valence-corrected chi connectivity index (χ0v) is 11.9. The van der Waals surface area contributed by atoms with E-state index in [-0.39, 0.29) is 0 Å². The molecule has 3 nitrogen and oxygen atoms in total. The SMILES string of the molecule is Ic1c[nH]c2ncc(N3CCCCCC3)cc12. The molecule has 1 saturated heterocycles. The van der Waals surface area contributed by atoms with Crippen LogP contribution in [0.3, 0.4) is 0 Å². The Kier molecular flexibility index (Phi) is 3.22. The van der Waals surface area contributed by atoms with Crippen molar-refractivity contribution in [3.63, 3.8) is 0 Å². The third-order valence-corrected chi connectivity index (χ3v) is 4.33. The lowest BCUT2D eigenvalue weighted by Crippen LogP contribution is -2.23. The van der Waals surface area contributed by atoms with Crippen LogP contribution in [0.15, 0.2) is 18.5 Å². The van der Waals surface area contributed by atoms with Crippen molar-refractivity contribution in [3.05, 3.63) is 22.0 Å². The minimum atomic E-state index is 0.993. The zero-order chi connectivity index (χ0) is 11.7. The molecule has 90 valence electrons. The Labute approximate surface area is 115 Å². The molecule has 4 heteroatoms. The summed E-state index contributed by atoms with van der Waals surface area (Å²) in [6.45, 7) is 2.35. The second-order valence-electron chi connectivity index (χ2n) is 4.63. The van der Waals surface area contributed by atoms with Gasteiger partial charge in [-0.05, 0) is 41.5 Å². The number of pyridine rings is 1. The Hall–Kier alpha value is -0.780. The Bertz CT molecular complexity index is 512. The highest BCUT2D eigenvalue weighted by atomic mass is 127. The van der Waals surface area contributed by atoms with Gasteiger partial charge in [0.1, 0.15) is 5.65 Å². The van der Waals surface area contributed by atoms with Crippen LogP contribution in [0.1, 0.15) is 25.7 Å². The lowest BCUT2D eigenvalue weighted by atomic mass is 10.2. The van der Waals surface area contributed by atoms with Crippen LogP contribution in [-0.4, -0.2) is 23.1 Å². The third kappa shape index (κ3) is 2.27. The van der Waals surface area contributed by atoms with Crippen LogP contribution in [0, 0.1) is 3.57 Å². The van der Waals surface area contributed by atoms with Crippen LogP contribution in [0.2, 0.25) is 0 Å². The van der Waals surface area contributed by atoms with Gasteiger partial charge in [0.2, 0.25) is 0 Å². The molecule has 17 heavy (non-hydrogen) atoms. The Balaban J connectivity index is 1.95. The molecule has 1 aliphatic rings. The molecule has 0 spiro atoms. The summed E-state index contributed by atoms with van der Waals surface area (Å²) in [6.07, 6.45) is 9.37. The Morgan fingerprint density at radius 3 is 2.71 bits per heavy atom. The molecule has 0 aliphatic carbocycles. The first-order valence-electron chi connectivity index (χ1n) is 6.22. The molecule has 0 amide bonds. The van der Waals surface area contributed by atoms with E-state index in [0.29, 0.717) is 0 Å². The maximum atomic E-state index is 4.51. The zero-order valence-electron chi connectivity index (χ0n) is 9.75. The van der Waals surface area contributed by atoms with Gasteiger partial charge in [-0.15, -0.1) is 0 Å². The molecule has 1 N–H and O–H groups in total. The monoisotopic (exact) mass is 341 g/mol. The fourth-order valence-corrected chi connectivity index (χ4v) is 3.03. The van der Waals surface area contributed by atoms with Gasteiger partial charge in [-0.3, -0.25) is 0 Å². The van der Waals surface area contributed by atoms with Gasteiger partial charge in [0.05, 0.1) is 11.9 Å². The summed E-state index contributed by atoms with van der Waals surface area (Å²) in [5.74, 6) is 0. The van der Waals surface area contributed by atoms with Gasteiger partial charge in [-0.25, -0.2) is 4.98 Å². The summed E-state index contributed by atoms with van der Waals surface area (Å²) < 4.78 is 1.25. The van der Waals surface area contributed by atoms with Gasteiger partial charge in [0.25, 0.3) is 0 Å². The quantitative estimate of drug-likeness (QED) is 0.805. The number of aromatic amines is 1. The maximum Gasteiger partial charge on any atom is 0.138 e. The number of hydrogen-bond donors (Lipinski definition) is 1. The van der Waals surface area contributed by atoms with Crippen molar-refractivity contribution in [2.45, 2.75) is 25.7 Å². The molecule has 2 aromatic rings. The van der Waals surface area contributed by atoms with Crippen LogP contribution in [0.25, 0.3) is 11.0 Å². The first-order chi connectivity index (χ1) is 8.34. The predicted octanol–water partition coefficient (Wildman–Crippen LogP) is 3.55. The van der Waals surface area contributed by atoms with Crippen molar-refractivity contribution in [1.82, 2.24) is 9.97 Å². The number of H-pyrrole nitrogens is 1. The van der Waals surface area contributed by atoms with Crippen molar-refractivity contribution >= 4 is 39.3 Å². The standard InChI is InChI=1S/C13H16IN3/c14-12-9-16-13-11(12)7-10(8-15-13)17-5-3-1-2-4-6-17/h7-9H,1-6H2,(H,15,16). The van der Waals surface area contributed by atoms with Crippen LogP contribution < -0.4 is 4.90 Å². The average molecular weight is 341 g/mol. The summed E-state index contributed by atoms with van der Waals surface area (Å²) in [5.41, 5.74) is 2.27. The van der Waals surface area contributed by atoms with E-state index in [9.17, 15) is 0 Å². The summed E-state index contributed by atoms with van der Waals surface area (Å²) in [5, 5.41) is 1.24. The molecule has 0 unspecified atom stereocenters. The minimum Gasteiger partial charge on any atom is -0.370 e. The number of fused-ring (bicyclic) bond motifs is 1. The van der Waals surface area contributed by atoms with Gasteiger partial charge in [0.15, 0.2) is 0 Å². The number of nitrogens with zero attached hydrogens (tertiary/aromatic N) is 2. The molecule has 0 saturated carbocycles. The highest BCUT2D eigenvalue weighted by molar-refractivity contribution is 14.1. The van der Waals surface area contributed by atoms with Crippen molar-refractivity contribution in [1.29, 1.82) is 0 Å². The van der Waals surface area contributed by atoms with E-state index < -0.39 is 0 Å². The molecule has 0 atom stereocenters. The van der Waals surface area contributed by atoms with Crippen molar-refractivity contribution in [3.8, 4) is 0 Å². The normalized spacial score (nSPS) is 17.4. The van der Waals surface area contributed by atoms with Crippen LogP contribution >= 0.6 is 22.6 Å². The van der Waals surface area contributed by atoms with E-state index in [4.69, 9.17) is 0 Å². The van der Waals surface area contributed by atoms with Gasteiger partial charge >= 0.3 is 0 Å². The second-order valence-corrected chi connectivity index (χ2v) is 5.79. The smallest absolute Gasteiger partial charge is 0.138 e. The van der Waals surface area contributed by atoms with Gasteiger partial charge < -0.3 is 9.88 Å². The number of halogens is 1. The number of aromatic nitrogens is 2. The van der Waals surface area contributed by atoms with Crippen LogP contribution in [0.4, 0.5) is 5.69 Å². The Morgan fingerprint density at radius 1 is 1.18 bits per heavy atom. The molecule has 0 bridgehead atoms. The van der Waals surface area contributed by atoms with E-state index in [1.54, 1.807) is 0 Å². The largest absolute Gasteiger partial charge is 0.370 e. The average Bonchev–Trinajstić information content (AvgIpc) is 2.58. The summed E-state index contributed by atoms with van der Waals surface area (Å²) in [4.78, 5) is 10.2. The van der Waals surface area contributed by atoms with E-state index in [0.717, 1.165) is 5.65 Å². The van der Waals surface area contributed by atoms with E-state index >= 15 is 0 Å². The van der Waals surface area contributed by atoms with Gasteiger partial charge in [0, 0.05) is 28.2 Å². The fourth-order valence-electron chi connectivity index (χ4n) is 2.46. The maximum absolute atomic E-state index is 4.51. The molecule has 2 aromatic heterocycles. The van der Waals surface area contributed by atoms with Gasteiger partial charge in [-0.2, -0.15) is 0 Å². The van der Waals surface area contributed by atoms with Crippen molar-refractivity contribution < 1.29 is 0 Å². The lowest BCUT2D eigenvalue weighted by molar-refractivity contribution is 0.726. The highest BCUT2D eigenvalue weighted by Gasteiger charge is 2.11. The first-order valence-corrected chi connectivity index (χ1v) is 7.30. The number of hydrogen-bond acceptors (Lipinski definition) is 2. The third-order valence-electron chi connectivity index (χ3n) is 3.44. The number of rotatable bonds is 1. The predicted molar refractivity (Wildman–Crippen MR) is 79.5 cm³/mol. The van der Waals surface area contributed by atoms with Gasteiger partial charge in [-0.1, -0.05) is 12.8 Å². The molecule has 0 aromatic carbocycles. The Morgan fingerprint density at radius 2 is 1.94 bits per heavy atom. The van der Waals surface area contributed by atoms with E-state index in [1.165, 1.54) is 53.4 Å². The fraction of sp³-hybridized carbons (Fsp3) is 0.462. The van der Waals surface area contributed by atoms with Crippen LogP contribution in [0.5, 0.6) is 0 Å². The molecular formula is C13H16IN3. The van der Waals surface area contributed by atoms with Crippen molar-refractivity contribution in [2.75, 3.05) is 18.0 Å². The number of nitrogens with one attached hydrogen (secondary N) is 1. The molecule has 0 radical (unpaired) electrons. The molecule has 1 fully saturated rings. The topological polar surface area (TPSA) is 31.9 Å². The summed E-state index contributed by atoms with van der Waals surface area (Å²) in [6, 6.07) is 2.27. The lowest BCUT2D eigenvalue weighted by Gasteiger charge is -2.22. The molecule has 3 rings (SSSR count). The highest BCUT2D eigenvalue weighted by Crippen LogP contribution is 2.25. The minimum absolute atomic E-state index is 0.993. The van der Waals surface area contributed by atoms with Crippen molar-refractivity contribution in [2.24, 2.45) is 0 Å². The molecular weight excluding hydrogens is 325 g/mol. The molecule has 3 heterocycles. The number of anilines is 1.